The standard InChI is InChI=1S/C15H18ClFN2O/c1-10(2)19(3)14-6-4-11(8-13(14)17)18-9-12-5-7-15(16)20-12/h4-8,10,18H,9H2,1-3H3. The molecule has 0 saturated carbocycles. The van der Waals surface area contributed by atoms with Crippen molar-refractivity contribution in [3.8, 4) is 0 Å². The van der Waals surface area contributed by atoms with E-state index in [1.165, 1.54) is 6.07 Å². The van der Waals surface area contributed by atoms with E-state index in [2.05, 4.69) is 5.32 Å². The zero-order valence-corrected chi connectivity index (χ0v) is 12.5. The van der Waals surface area contributed by atoms with Crippen LogP contribution in [0.5, 0.6) is 0 Å². The molecule has 1 aromatic carbocycles. The van der Waals surface area contributed by atoms with Crippen LogP contribution in [0.1, 0.15) is 19.6 Å². The molecule has 0 atom stereocenters. The molecule has 1 heterocycles. The van der Waals surface area contributed by atoms with Crippen LogP contribution in [0, 0.1) is 5.82 Å². The quantitative estimate of drug-likeness (QED) is 0.879. The predicted octanol–water partition coefficient (Wildman–Crippen LogP) is 4.53. The molecule has 0 fully saturated rings. The van der Waals surface area contributed by atoms with Gasteiger partial charge < -0.3 is 14.6 Å². The molecule has 108 valence electrons. The van der Waals surface area contributed by atoms with Gasteiger partial charge in [-0.1, -0.05) is 0 Å². The van der Waals surface area contributed by atoms with Gasteiger partial charge in [0.05, 0.1) is 12.2 Å². The number of anilines is 2. The lowest BCUT2D eigenvalue weighted by atomic mass is 10.2. The maximum absolute atomic E-state index is 14.1. The molecule has 2 rings (SSSR count). The van der Waals surface area contributed by atoms with Gasteiger partial charge in [-0.15, -0.1) is 0 Å². The Balaban J connectivity index is 2.05. The molecule has 0 aliphatic rings. The van der Waals surface area contributed by atoms with E-state index in [0.29, 0.717) is 28.9 Å². The first kappa shape index (κ1) is 14.7. The highest BCUT2D eigenvalue weighted by Gasteiger charge is 2.11. The summed E-state index contributed by atoms with van der Waals surface area (Å²) in [5, 5.41) is 3.45. The van der Waals surface area contributed by atoms with E-state index < -0.39 is 0 Å². The molecule has 0 aliphatic carbocycles. The largest absolute Gasteiger partial charge is 0.448 e. The molecule has 0 spiro atoms. The van der Waals surface area contributed by atoms with Gasteiger partial charge in [-0.3, -0.25) is 0 Å². The van der Waals surface area contributed by atoms with Crippen LogP contribution in [0.15, 0.2) is 34.7 Å². The Morgan fingerprint density at radius 2 is 2.05 bits per heavy atom. The summed E-state index contributed by atoms with van der Waals surface area (Å²) in [6.07, 6.45) is 0. The van der Waals surface area contributed by atoms with Gasteiger partial charge in [-0.05, 0) is 55.8 Å². The van der Waals surface area contributed by atoms with E-state index in [9.17, 15) is 4.39 Å². The summed E-state index contributed by atoms with van der Waals surface area (Å²) in [5.41, 5.74) is 1.29. The number of furan rings is 1. The van der Waals surface area contributed by atoms with E-state index in [4.69, 9.17) is 16.0 Å². The summed E-state index contributed by atoms with van der Waals surface area (Å²) < 4.78 is 19.3. The molecule has 0 bridgehead atoms. The molecule has 2 aromatic rings. The van der Waals surface area contributed by atoms with Crippen LogP contribution in [-0.4, -0.2) is 13.1 Å². The molecule has 0 saturated heterocycles. The number of nitrogens with one attached hydrogen (secondary N) is 1. The SMILES string of the molecule is CC(C)N(C)c1ccc(NCc2ccc(Cl)o2)cc1F. The molecule has 0 amide bonds. The molecule has 0 aliphatic heterocycles. The fourth-order valence-electron chi connectivity index (χ4n) is 1.82. The van der Waals surface area contributed by atoms with Crippen molar-refractivity contribution >= 4 is 23.0 Å². The average Bonchev–Trinajstić information content (AvgIpc) is 2.81. The molecule has 1 aromatic heterocycles. The van der Waals surface area contributed by atoms with E-state index in [1.54, 1.807) is 18.2 Å². The second-order valence-corrected chi connectivity index (χ2v) is 5.30. The summed E-state index contributed by atoms with van der Waals surface area (Å²) in [6, 6.07) is 8.81. The first-order chi connectivity index (χ1) is 9.47. The summed E-state index contributed by atoms with van der Waals surface area (Å²) in [5.74, 6) is 0.461. The third-order valence-electron chi connectivity index (χ3n) is 3.20. The Labute approximate surface area is 123 Å². The van der Waals surface area contributed by atoms with Gasteiger partial charge >= 0.3 is 0 Å². The van der Waals surface area contributed by atoms with E-state index in [1.807, 2.05) is 31.9 Å². The van der Waals surface area contributed by atoms with Crippen LogP contribution in [0.4, 0.5) is 15.8 Å². The van der Waals surface area contributed by atoms with Crippen LogP contribution in [0.2, 0.25) is 5.22 Å². The van der Waals surface area contributed by atoms with Gasteiger partial charge in [-0.25, -0.2) is 4.39 Å². The van der Waals surface area contributed by atoms with Crippen molar-refractivity contribution in [1.82, 2.24) is 0 Å². The first-order valence-electron chi connectivity index (χ1n) is 6.48. The highest BCUT2D eigenvalue weighted by Crippen LogP contribution is 2.24. The summed E-state index contributed by atoms with van der Waals surface area (Å²) in [7, 11) is 1.88. The summed E-state index contributed by atoms with van der Waals surface area (Å²) in [4.78, 5) is 1.89. The maximum atomic E-state index is 14.1. The average molecular weight is 297 g/mol. The van der Waals surface area contributed by atoms with Crippen molar-refractivity contribution < 1.29 is 8.81 Å². The minimum atomic E-state index is -0.247. The van der Waals surface area contributed by atoms with Crippen molar-refractivity contribution in [2.24, 2.45) is 0 Å². The van der Waals surface area contributed by atoms with E-state index in [-0.39, 0.29) is 11.9 Å². The Morgan fingerprint density at radius 1 is 1.30 bits per heavy atom. The smallest absolute Gasteiger partial charge is 0.193 e. The zero-order valence-electron chi connectivity index (χ0n) is 11.8. The molecular weight excluding hydrogens is 279 g/mol. The Morgan fingerprint density at radius 3 is 2.60 bits per heavy atom. The number of benzene rings is 1. The molecule has 0 radical (unpaired) electrons. The molecule has 5 heteroatoms. The first-order valence-corrected chi connectivity index (χ1v) is 6.85. The lowest BCUT2D eigenvalue weighted by Crippen LogP contribution is -2.26. The molecule has 20 heavy (non-hydrogen) atoms. The molecule has 3 nitrogen and oxygen atoms in total. The van der Waals surface area contributed by atoms with Crippen molar-refractivity contribution in [2.75, 3.05) is 17.3 Å². The Bertz CT molecular complexity index is 583. The summed E-state index contributed by atoms with van der Waals surface area (Å²) >= 11 is 5.69. The number of hydrogen-bond acceptors (Lipinski definition) is 3. The lowest BCUT2D eigenvalue weighted by molar-refractivity contribution is 0.520. The highest BCUT2D eigenvalue weighted by molar-refractivity contribution is 6.28. The monoisotopic (exact) mass is 296 g/mol. The molecule has 1 N–H and O–H groups in total. The van der Waals surface area contributed by atoms with E-state index >= 15 is 0 Å². The number of hydrogen-bond donors (Lipinski definition) is 1. The second-order valence-electron chi connectivity index (χ2n) is 4.93. The Hall–Kier alpha value is -1.68. The van der Waals surface area contributed by atoms with Gasteiger partial charge in [0.2, 0.25) is 0 Å². The fourth-order valence-corrected chi connectivity index (χ4v) is 1.98. The number of nitrogens with zero attached hydrogens (tertiary/aromatic N) is 1. The van der Waals surface area contributed by atoms with Gasteiger partial charge in [0.1, 0.15) is 11.6 Å². The lowest BCUT2D eigenvalue weighted by Gasteiger charge is -2.24. The van der Waals surface area contributed by atoms with Gasteiger partial charge in [0, 0.05) is 18.8 Å². The van der Waals surface area contributed by atoms with Crippen LogP contribution >= 0.6 is 11.6 Å². The van der Waals surface area contributed by atoms with Crippen molar-refractivity contribution in [1.29, 1.82) is 0 Å². The van der Waals surface area contributed by atoms with Crippen molar-refractivity contribution in [3.63, 3.8) is 0 Å². The van der Waals surface area contributed by atoms with Crippen LogP contribution in [0.3, 0.4) is 0 Å². The number of rotatable bonds is 5. The van der Waals surface area contributed by atoms with Crippen LogP contribution < -0.4 is 10.2 Å². The van der Waals surface area contributed by atoms with E-state index in [0.717, 1.165) is 0 Å². The second kappa shape index (κ2) is 6.18. The van der Waals surface area contributed by atoms with Crippen molar-refractivity contribution in [3.05, 3.63) is 47.1 Å². The fraction of sp³-hybridized carbons (Fsp3) is 0.333. The Kier molecular flexibility index (Phi) is 4.55. The van der Waals surface area contributed by atoms with Gasteiger partial charge in [-0.2, -0.15) is 0 Å². The predicted molar refractivity (Wildman–Crippen MR) is 81.0 cm³/mol. The van der Waals surface area contributed by atoms with Crippen molar-refractivity contribution in [2.45, 2.75) is 26.4 Å². The van der Waals surface area contributed by atoms with Gasteiger partial charge in [0.15, 0.2) is 5.22 Å². The topological polar surface area (TPSA) is 28.4 Å². The highest BCUT2D eigenvalue weighted by atomic mass is 35.5. The molecular formula is C15H18ClFN2O. The van der Waals surface area contributed by atoms with Crippen LogP contribution in [-0.2, 0) is 6.54 Å². The third-order valence-corrected chi connectivity index (χ3v) is 3.40. The third kappa shape index (κ3) is 3.45. The zero-order chi connectivity index (χ0) is 14.7. The minimum absolute atomic E-state index is 0.244. The molecule has 0 unspecified atom stereocenters. The minimum Gasteiger partial charge on any atom is -0.448 e. The maximum Gasteiger partial charge on any atom is 0.193 e. The number of halogens is 2. The van der Waals surface area contributed by atoms with Crippen LogP contribution in [0.25, 0.3) is 0 Å². The normalized spacial score (nSPS) is 10.9. The van der Waals surface area contributed by atoms with Gasteiger partial charge in [0.25, 0.3) is 0 Å². The summed E-state index contributed by atoms with van der Waals surface area (Å²) in [6.45, 7) is 4.50.